The van der Waals surface area contributed by atoms with E-state index < -0.39 is 0 Å². The Morgan fingerprint density at radius 3 is 0.694 bits per heavy atom. The summed E-state index contributed by atoms with van der Waals surface area (Å²) in [5.41, 5.74) is 38.1. The summed E-state index contributed by atoms with van der Waals surface area (Å²) in [4.78, 5) is 0. The summed E-state index contributed by atoms with van der Waals surface area (Å²) in [6.45, 7) is 0. The molecule has 0 radical (unpaired) electrons. The van der Waals surface area contributed by atoms with E-state index in [2.05, 4.69) is 464 Å². The van der Waals surface area contributed by atoms with E-state index in [1.165, 1.54) is 273 Å². The highest BCUT2D eigenvalue weighted by atomic mass is 15.0. The number of aromatic nitrogens is 6. The molecule has 32 aromatic rings. The predicted octanol–water partition coefficient (Wildman–Crippen LogP) is 34.5. The molecule has 134 heavy (non-hydrogen) atoms. The van der Waals surface area contributed by atoms with Crippen LogP contribution in [0.25, 0.3) is 307 Å². The second-order valence-corrected chi connectivity index (χ2v) is 37.0. The molecule has 0 fully saturated rings. The van der Waals surface area contributed by atoms with Crippen molar-refractivity contribution in [2.45, 2.75) is 0 Å². The highest BCUT2D eigenvalue weighted by molar-refractivity contribution is 6.42. The Kier molecular flexibility index (Phi) is 13.8. The smallest absolute Gasteiger partial charge is 0.0642 e. The Bertz CT molecular complexity index is 10500. The van der Waals surface area contributed by atoms with Crippen molar-refractivity contribution in [1.29, 1.82) is 0 Å². The van der Waals surface area contributed by atoms with Gasteiger partial charge in [0.2, 0.25) is 0 Å². The Hall–Kier alpha value is -17.8. The van der Waals surface area contributed by atoms with Crippen LogP contribution in [-0.4, -0.2) is 26.7 Å². The van der Waals surface area contributed by atoms with Gasteiger partial charge in [0, 0.05) is 130 Å². The van der Waals surface area contributed by atoms with Crippen LogP contribution in [0.2, 0.25) is 0 Å². The molecule has 0 N–H and O–H groups in total. The summed E-state index contributed by atoms with van der Waals surface area (Å²) < 4.78 is 15.8. The van der Waals surface area contributed by atoms with Crippen molar-refractivity contribution in [3.05, 3.63) is 437 Å². The molecular weight excluding hydrogens is 1620 g/mol. The zero-order chi connectivity index (χ0) is 86.7. The summed E-state index contributed by atoms with van der Waals surface area (Å²) >= 11 is 0. The average Bonchev–Trinajstić information content (AvgIpc) is 1.49. The van der Waals surface area contributed by atoms with E-state index >= 15 is 0 Å². The molecule has 0 aliphatic carbocycles. The van der Waals surface area contributed by atoms with Crippen LogP contribution < -0.4 is 0 Å². The van der Waals surface area contributed by atoms with E-state index in [-0.39, 0.29) is 0 Å². The molecule has 0 aliphatic rings. The topological polar surface area (TPSA) is 27.5 Å². The maximum Gasteiger partial charge on any atom is 0.0642 e. The fourth-order valence-electron chi connectivity index (χ4n) is 25.4. The van der Waals surface area contributed by atoms with Gasteiger partial charge in [0.25, 0.3) is 0 Å². The number of hydrogen-bond acceptors (Lipinski definition) is 0. The first-order valence-corrected chi connectivity index (χ1v) is 46.6. The molecule has 0 aliphatic heterocycles. The zero-order valence-corrected chi connectivity index (χ0v) is 72.3. The largest absolute Gasteiger partial charge is 0.309 e. The van der Waals surface area contributed by atoms with Crippen molar-refractivity contribution < 1.29 is 0 Å². The van der Waals surface area contributed by atoms with Crippen LogP contribution in [0.3, 0.4) is 0 Å². The Morgan fingerprint density at radius 2 is 0.366 bits per heavy atom. The molecule has 0 spiro atoms. The molecule has 0 amide bonds. The minimum Gasteiger partial charge on any atom is -0.309 e. The number of para-hydroxylation sites is 8. The van der Waals surface area contributed by atoms with E-state index in [1.807, 2.05) is 0 Å². The zero-order valence-electron chi connectivity index (χ0n) is 72.3. The Morgan fingerprint density at radius 1 is 0.127 bits per heavy atom. The van der Waals surface area contributed by atoms with Crippen molar-refractivity contribution in [3.8, 4) is 89.3 Å². The van der Waals surface area contributed by atoms with E-state index in [0.717, 1.165) is 33.6 Å². The van der Waals surface area contributed by atoms with E-state index in [4.69, 9.17) is 0 Å². The number of benzene rings is 22. The van der Waals surface area contributed by atoms with Gasteiger partial charge in [0.1, 0.15) is 0 Å². The van der Waals surface area contributed by atoms with Crippen molar-refractivity contribution in [2.75, 3.05) is 0 Å². The second-order valence-electron chi connectivity index (χ2n) is 37.0. The Labute approximate surface area is 764 Å². The van der Waals surface area contributed by atoms with Crippen molar-refractivity contribution in [2.24, 2.45) is 0 Å². The minimum atomic E-state index is 1.13. The van der Waals surface area contributed by atoms with Gasteiger partial charge in [-0.15, -0.1) is 0 Å². The lowest BCUT2D eigenvalue weighted by atomic mass is 9.87. The van der Waals surface area contributed by atoms with Gasteiger partial charge in [0.15, 0.2) is 0 Å². The van der Waals surface area contributed by atoms with Gasteiger partial charge >= 0.3 is 0 Å². The molecule has 10 heterocycles. The first kappa shape index (κ1) is 71.1. The molecule has 0 unspecified atom stereocenters. The van der Waals surface area contributed by atoms with E-state index in [9.17, 15) is 0 Å². The summed E-state index contributed by atoms with van der Waals surface area (Å²) in [6, 6.07) is 166. The second kappa shape index (κ2) is 26.0. The lowest BCUT2D eigenvalue weighted by Gasteiger charge is -2.17. The van der Waals surface area contributed by atoms with Crippen molar-refractivity contribution in [3.63, 3.8) is 0 Å². The minimum absolute atomic E-state index is 1.13. The Balaban J connectivity index is 0.670. The van der Waals surface area contributed by atoms with Gasteiger partial charge in [0.05, 0.1) is 99.6 Å². The number of fused-ring (bicyclic) bond motifs is 32. The number of hydrogen-bond donors (Lipinski definition) is 0. The first-order chi connectivity index (χ1) is 66.6. The fraction of sp³-hybridized carbons (Fsp3) is 0. The standard InChI is InChI=1S/C128H72N6/c1-3-29-77(30-4-1)109-117-95-65-63-85(83-61-55-73-27-7-9-33-81(73)71-83)113-92-40-16-24-48-104(92)132(121(95)113)127(117)111(118-96-66-64-86(84-62-56-74-28-8-10-34-82(74)72-84)114-91-39-15-23-47-103(91)131(122(96)114)125(109)118)79-57-51-75(52-58-79)76-53-59-80(60-54-76)112-120-98-68-70-108(130-101-45-21-13-37-89(101)90-38-14-22-46-102(90)130)116-93-41-17-25-49-105(93)133(124(98)116)126(120)110(78-31-5-2-6-32-78)119-97-67-69-107(115-94-42-18-26-50-106(94)134(123(97)115)128(112)119)129-99-43-19-11-35-87(99)88-36-12-20-44-100(88)129/h1-72H. The number of nitrogens with zero attached hydrogens (tertiary/aromatic N) is 6. The number of rotatable bonds is 9. The molecule has 32 rings (SSSR count). The third-order valence-electron chi connectivity index (χ3n) is 30.7. The van der Waals surface area contributed by atoms with Crippen LogP contribution in [0.1, 0.15) is 0 Å². The highest BCUT2D eigenvalue weighted by Gasteiger charge is 2.37. The molecule has 0 saturated heterocycles. The van der Waals surface area contributed by atoms with Crippen LogP contribution in [0.4, 0.5) is 0 Å². The maximum atomic E-state index is 2.68. The van der Waals surface area contributed by atoms with Gasteiger partial charge < -0.3 is 26.7 Å². The molecule has 0 bridgehead atoms. The lowest BCUT2D eigenvalue weighted by Crippen LogP contribution is -1.95. The molecule has 6 heteroatoms. The van der Waals surface area contributed by atoms with Crippen LogP contribution >= 0.6 is 0 Å². The summed E-state index contributed by atoms with van der Waals surface area (Å²) in [7, 11) is 0. The quantitative estimate of drug-likeness (QED) is 0.138. The maximum absolute atomic E-state index is 2.68. The molecule has 614 valence electrons. The van der Waals surface area contributed by atoms with Gasteiger partial charge in [-0.1, -0.05) is 364 Å². The van der Waals surface area contributed by atoms with Gasteiger partial charge in [-0.25, -0.2) is 0 Å². The highest BCUT2D eigenvalue weighted by Crippen LogP contribution is 2.60. The van der Waals surface area contributed by atoms with E-state index in [0.29, 0.717) is 0 Å². The van der Waals surface area contributed by atoms with Gasteiger partial charge in [-0.2, -0.15) is 0 Å². The van der Waals surface area contributed by atoms with Crippen molar-refractivity contribution in [1.82, 2.24) is 26.7 Å². The van der Waals surface area contributed by atoms with Gasteiger partial charge in [-0.3, -0.25) is 0 Å². The monoisotopic (exact) mass is 1690 g/mol. The summed E-state index contributed by atoms with van der Waals surface area (Å²) in [5, 5.41) is 29.6. The van der Waals surface area contributed by atoms with Crippen LogP contribution in [0.15, 0.2) is 437 Å². The first-order valence-electron chi connectivity index (χ1n) is 46.6. The van der Waals surface area contributed by atoms with Crippen LogP contribution in [0.5, 0.6) is 0 Å². The van der Waals surface area contributed by atoms with Crippen molar-refractivity contribution >= 4 is 218 Å². The summed E-state index contributed by atoms with van der Waals surface area (Å²) in [5.74, 6) is 0. The molecule has 0 saturated carbocycles. The average molecular weight is 1690 g/mol. The third kappa shape index (κ3) is 9.04. The molecular formula is C128H72N6. The third-order valence-corrected chi connectivity index (χ3v) is 30.7. The SMILES string of the molecule is c1ccc(-c2c3c4ccc(-c5ccc6ccccc6c5)c5c6ccccc6n(c3c(-c3ccc(-c6ccc(-c7c8c9ccc(-n%10c%11ccccc%11c%11ccccc%11%10)c%10c%11ccccc%11n(c8c(-c8ccccc8)c8c%11ccc(-n%12c%13ccccc%13c%13ccccc%13%12)c%12c%13ccccc%13n(c78)c%11%12)c9%10)cc6)cc3)c3c6ccc(-c7ccc8ccccc8c7)c7c8ccccc8n(c23)c67)c45)cc1. The van der Waals surface area contributed by atoms with E-state index in [1.54, 1.807) is 0 Å². The molecule has 0 atom stereocenters. The lowest BCUT2D eigenvalue weighted by molar-refractivity contribution is 1.20. The molecule has 22 aromatic carbocycles. The van der Waals surface area contributed by atoms with Crippen LogP contribution in [-0.2, 0) is 0 Å². The normalized spacial score (nSPS) is 12.6. The molecule has 6 nitrogen and oxygen atoms in total. The fourth-order valence-corrected chi connectivity index (χ4v) is 25.4. The summed E-state index contributed by atoms with van der Waals surface area (Å²) in [6.07, 6.45) is 0. The van der Waals surface area contributed by atoms with Gasteiger partial charge in [-0.05, 0) is 150 Å². The predicted molar refractivity (Wildman–Crippen MR) is 567 cm³/mol. The van der Waals surface area contributed by atoms with Crippen LogP contribution in [0, 0.1) is 0 Å². The molecule has 10 aromatic heterocycles.